The SMILES string of the molecule is CC.CC.CC.Cc1cncn1CCCCCCCCc1ccccc1. The van der Waals surface area contributed by atoms with Crippen LogP contribution < -0.4 is 0 Å². The Hall–Kier alpha value is -1.57. The molecule has 0 aliphatic heterocycles. The van der Waals surface area contributed by atoms with Crippen LogP contribution in [-0.2, 0) is 13.0 Å². The summed E-state index contributed by atoms with van der Waals surface area (Å²) in [5, 5.41) is 0. The summed E-state index contributed by atoms with van der Waals surface area (Å²) < 4.78 is 2.25. The fraction of sp³-hybridized carbons (Fsp3) is 0.625. The zero-order valence-electron chi connectivity index (χ0n) is 18.6. The number of aromatic nitrogens is 2. The zero-order chi connectivity index (χ0) is 20.0. The van der Waals surface area contributed by atoms with Gasteiger partial charge in [-0.15, -0.1) is 0 Å². The summed E-state index contributed by atoms with van der Waals surface area (Å²) in [7, 11) is 0. The van der Waals surface area contributed by atoms with E-state index in [9.17, 15) is 0 Å². The lowest BCUT2D eigenvalue weighted by atomic mass is 10.1. The van der Waals surface area contributed by atoms with E-state index in [-0.39, 0.29) is 0 Å². The van der Waals surface area contributed by atoms with E-state index in [0.717, 1.165) is 6.54 Å². The Balaban J connectivity index is 0. The first-order valence-electron chi connectivity index (χ1n) is 10.9. The number of imidazole rings is 1. The third kappa shape index (κ3) is 13.7. The van der Waals surface area contributed by atoms with Crippen LogP contribution in [0.5, 0.6) is 0 Å². The number of nitrogens with zero attached hydrogens (tertiary/aromatic N) is 2. The molecule has 2 nitrogen and oxygen atoms in total. The molecule has 1 heterocycles. The van der Waals surface area contributed by atoms with Crippen LogP contribution in [0, 0.1) is 6.92 Å². The van der Waals surface area contributed by atoms with Crippen molar-refractivity contribution in [1.29, 1.82) is 0 Å². The van der Waals surface area contributed by atoms with Crippen LogP contribution in [-0.4, -0.2) is 9.55 Å². The number of aryl methyl sites for hydroxylation is 3. The first-order valence-corrected chi connectivity index (χ1v) is 10.9. The maximum absolute atomic E-state index is 4.15. The summed E-state index contributed by atoms with van der Waals surface area (Å²) in [6, 6.07) is 10.8. The van der Waals surface area contributed by atoms with E-state index in [1.54, 1.807) is 0 Å². The first kappa shape index (κ1) is 26.7. The molecule has 0 fully saturated rings. The van der Waals surface area contributed by atoms with Crippen LogP contribution in [0.25, 0.3) is 0 Å². The van der Waals surface area contributed by atoms with Crippen molar-refractivity contribution < 1.29 is 0 Å². The van der Waals surface area contributed by atoms with Gasteiger partial charge in [0.25, 0.3) is 0 Å². The van der Waals surface area contributed by atoms with Gasteiger partial charge in [-0.25, -0.2) is 4.98 Å². The monoisotopic (exact) mass is 360 g/mol. The van der Waals surface area contributed by atoms with Gasteiger partial charge in [0.05, 0.1) is 6.33 Å². The molecule has 0 N–H and O–H groups in total. The van der Waals surface area contributed by atoms with Crippen molar-refractivity contribution in [2.24, 2.45) is 0 Å². The van der Waals surface area contributed by atoms with Crippen LogP contribution in [0.2, 0.25) is 0 Å². The summed E-state index contributed by atoms with van der Waals surface area (Å²) in [5.74, 6) is 0. The molecule has 26 heavy (non-hydrogen) atoms. The molecule has 0 saturated carbocycles. The highest BCUT2D eigenvalue weighted by Gasteiger charge is 1.97. The number of hydrogen-bond donors (Lipinski definition) is 0. The Morgan fingerprint density at radius 3 is 1.81 bits per heavy atom. The van der Waals surface area contributed by atoms with Crippen LogP contribution >= 0.6 is 0 Å². The van der Waals surface area contributed by atoms with E-state index in [1.807, 2.05) is 54.1 Å². The van der Waals surface area contributed by atoms with Crippen molar-refractivity contribution in [1.82, 2.24) is 9.55 Å². The minimum absolute atomic E-state index is 1.12. The molecule has 0 radical (unpaired) electrons. The van der Waals surface area contributed by atoms with Crippen molar-refractivity contribution in [2.45, 2.75) is 100.0 Å². The van der Waals surface area contributed by atoms with Crippen LogP contribution in [0.3, 0.4) is 0 Å². The van der Waals surface area contributed by atoms with Gasteiger partial charge in [0.15, 0.2) is 0 Å². The van der Waals surface area contributed by atoms with Gasteiger partial charge in [-0.2, -0.15) is 0 Å². The smallest absolute Gasteiger partial charge is 0.0948 e. The van der Waals surface area contributed by atoms with E-state index < -0.39 is 0 Å². The number of unbranched alkanes of at least 4 members (excludes halogenated alkanes) is 5. The van der Waals surface area contributed by atoms with Gasteiger partial charge in [-0.1, -0.05) is 97.6 Å². The maximum Gasteiger partial charge on any atom is 0.0948 e. The average Bonchev–Trinajstić information content (AvgIpc) is 3.14. The average molecular weight is 361 g/mol. The molecule has 1 aromatic heterocycles. The van der Waals surface area contributed by atoms with Crippen molar-refractivity contribution in [3.05, 3.63) is 54.1 Å². The summed E-state index contributed by atoms with van der Waals surface area (Å²) in [6.07, 6.45) is 13.1. The molecule has 2 rings (SSSR count). The normalized spacial score (nSPS) is 9.04. The van der Waals surface area contributed by atoms with Crippen molar-refractivity contribution >= 4 is 0 Å². The third-order valence-corrected chi connectivity index (χ3v) is 3.88. The summed E-state index contributed by atoms with van der Waals surface area (Å²) >= 11 is 0. The van der Waals surface area contributed by atoms with Crippen LogP contribution in [0.4, 0.5) is 0 Å². The van der Waals surface area contributed by atoms with E-state index in [1.165, 1.54) is 56.2 Å². The molecule has 0 unspecified atom stereocenters. The van der Waals surface area contributed by atoms with Gasteiger partial charge < -0.3 is 4.57 Å². The standard InChI is InChI=1S/C18H26N2.3C2H6/c1-17-15-19-16-20(17)14-10-5-3-2-4-7-11-18-12-8-6-9-13-18;3*1-2/h6,8-9,12-13,15-16H,2-5,7,10-11,14H2,1H3;3*1-2H3. The molecule has 0 atom stereocenters. The largest absolute Gasteiger partial charge is 0.335 e. The van der Waals surface area contributed by atoms with Gasteiger partial charge in [0.1, 0.15) is 0 Å². The Morgan fingerprint density at radius 2 is 1.27 bits per heavy atom. The molecular weight excluding hydrogens is 316 g/mol. The lowest BCUT2D eigenvalue weighted by Crippen LogP contribution is -1.98. The van der Waals surface area contributed by atoms with Gasteiger partial charge in [0, 0.05) is 18.4 Å². The van der Waals surface area contributed by atoms with Gasteiger partial charge in [0.2, 0.25) is 0 Å². The minimum Gasteiger partial charge on any atom is -0.335 e. The number of hydrogen-bond acceptors (Lipinski definition) is 1. The third-order valence-electron chi connectivity index (χ3n) is 3.88. The Labute approximate surface area is 164 Å². The van der Waals surface area contributed by atoms with E-state index in [2.05, 4.69) is 46.8 Å². The van der Waals surface area contributed by atoms with Crippen molar-refractivity contribution in [2.75, 3.05) is 0 Å². The fourth-order valence-electron chi connectivity index (χ4n) is 2.58. The van der Waals surface area contributed by atoms with E-state index >= 15 is 0 Å². The van der Waals surface area contributed by atoms with Crippen LogP contribution in [0.15, 0.2) is 42.9 Å². The quantitative estimate of drug-likeness (QED) is 0.416. The Morgan fingerprint density at radius 1 is 0.731 bits per heavy atom. The summed E-state index contributed by atoms with van der Waals surface area (Å²) in [5.41, 5.74) is 2.75. The lowest BCUT2D eigenvalue weighted by Gasteiger charge is -2.05. The molecule has 1 aromatic carbocycles. The second kappa shape index (κ2) is 21.5. The molecule has 0 spiro atoms. The van der Waals surface area contributed by atoms with Gasteiger partial charge in [-0.3, -0.25) is 0 Å². The summed E-state index contributed by atoms with van der Waals surface area (Å²) in [4.78, 5) is 4.15. The second-order valence-corrected chi connectivity index (χ2v) is 5.59. The van der Waals surface area contributed by atoms with Gasteiger partial charge >= 0.3 is 0 Å². The van der Waals surface area contributed by atoms with Crippen molar-refractivity contribution in [3.63, 3.8) is 0 Å². The molecule has 2 aromatic rings. The maximum atomic E-state index is 4.15. The highest BCUT2D eigenvalue weighted by Crippen LogP contribution is 2.10. The fourth-order valence-corrected chi connectivity index (χ4v) is 2.58. The summed E-state index contributed by atoms with van der Waals surface area (Å²) in [6.45, 7) is 15.2. The zero-order valence-corrected chi connectivity index (χ0v) is 18.6. The highest BCUT2D eigenvalue weighted by molar-refractivity contribution is 5.14. The molecule has 0 aliphatic rings. The Kier molecular flexibility index (Phi) is 22.0. The number of benzene rings is 1. The lowest BCUT2D eigenvalue weighted by molar-refractivity contribution is 0.547. The minimum atomic E-state index is 1.12. The van der Waals surface area contributed by atoms with E-state index in [4.69, 9.17) is 0 Å². The number of rotatable bonds is 9. The Bertz CT molecular complexity index is 474. The van der Waals surface area contributed by atoms with E-state index in [0.29, 0.717) is 0 Å². The molecular formula is C24H44N2. The highest BCUT2D eigenvalue weighted by atomic mass is 15.0. The molecule has 2 heteroatoms. The molecule has 0 aliphatic carbocycles. The predicted molar refractivity (Wildman–Crippen MR) is 119 cm³/mol. The first-order chi connectivity index (χ1) is 12.9. The molecule has 0 amide bonds. The van der Waals surface area contributed by atoms with Gasteiger partial charge in [-0.05, 0) is 31.7 Å². The molecule has 150 valence electrons. The molecule has 0 bridgehead atoms. The topological polar surface area (TPSA) is 17.8 Å². The molecule has 0 saturated heterocycles. The van der Waals surface area contributed by atoms with Crippen LogP contribution in [0.1, 0.15) is 91.3 Å². The van der Waals surface area contributed by atoms with Crippen molar-refractivity contribution in [3.8, 4) is 0 Å². The predicted octanol–water partition coefficient (Wildman–Crippen LogP) is 7.85. The second-order valence-electron chi connectivity index (χ2n) is 5.59.